The highest BCUT2D eigenvalue weighted by Crippen LogP contribution is 2.13. The first-order valence-corrected chi connectivity index (χ1v) is 8.05. The molecule has 7 heteroatoms. The van der Waals surface area contributed by atoms with Crippen molar-refractivity contribution in [2.24, 2.45) is 5.10 Å². The fraction of sp³-hybridized carbons (Fsp3) is 0.118. The normalized spacial score (nSPS) is 10.4. The van der Waals surface area contributed by atoms with Crippen LogP contribution in [0.3, 0.4) is 0 Å². The van der Waals surface area contributed by atoms with Gasteiger partial charge in [0.1, 0.15) is 5.75 Å². The third-order valence-corrected chi connectivity index (χ3v) is 3.64. The fourth-order valence-electron chi connectivity index (χ4n) is 1.71. The van der Waals surface area contributed by atoms with Gasteiger partial charge in [-0.25, -0.2) is 10.2 Å². The molecule has 24 heavy (non-hydrogen) atoms. The third kappa shape index (κ3) is 5.65. The van der Waals surface area contributed by atoms with Crippen molar-refractivity contribution in [3.63, 3.8) is 0 Å². The Hall–Kier alpha value is -2.42. The zero-order valence-corrected chi connectivity index (χ0v) is 15.0. The van der Waals surface area contributed by atoms with Gasteiger partial charge in [-0.05, 0) is 64.6 Å². The van der Waals surface area contributed by atoms with E-state index in [0.717, 1.165) is 9.13 Å². The summed E-state index contributed by atoms with van der Waals surface area (Å²) in [6, 6.07) is 14.0. The molecule has 0 aliphatic heterocycles. The Balaban J connectivity index is 1.79. The van der Waals surface area contributed by atoms with Crippen LogP contribution in [0.15, 0.2) is 53.6 Å². The largest absolute Gasteiger partial charge is 0.484 e. The number of carbonyl (C=O) groups is 2. The second kappa shape index (κ2) is 9.02. The van der Waals surface area contributed by atoms with Crippen LogP contribution in [0.25, 0.3) is 0 Å². The maximum absolute atomic E-state index is 11.6. The van der Waals surface area contributed by atoms with Crippen molar-refractivity contribution in [2.75, 3.05) is 13.7 Å². The van der Waals surface area contributed by atoms with Gasteiger partial charge >= 0.3 is 5.97 Å². The Bertz CT molecular complexity index is 727. The van der Waals surface area contributed by atoms with Gasteiger partial charge in [0.2, 0.25) is 0 Å². The lowest BCUT2D eigenvalue weighted by Gasteiger charge is -2.04. The van der Waals surface area contributed by atoms with Crippen LogP contribution in [-0.4, -0.2) is 31.8 Å². The molecular weight excluding hydrogens is 423 g/mol. The van der Waals surface area contributed by atoms with Crippen LogP contribution >= 0.6 is 22.6 Å². The highest BCUT2D eigenvalue weighted by atomic mass is 127. The molecule has 0 atom stereocenters. The van der Waals surface area contributed by atoms with Crippen molar-refractivity contribution >= 4 is 40.7 Å². The van der Waals surface area contributed by atoms with Gasteiger partial charge in [-0.2, -0.15) is 5.10 Å². The van der Waals surface area contributed by atoms with E-state index in [1.165, 1.54) is 13.3 Å². The topological polar surface area (TPSA) is 77.0 Å². The first-order valence-electron chi connectivity index (χ1n) is 6.97. The number of methoxy groups -OCH3 is 1. The van der Waals surface area contributed by atoms with E-state index in [0.29, 0.717) is 11.3 Å². The molecule has 0 aliphatic rings. The van der Waals surface area contributed by atoms with E-state index < -0.39 is 5.97 Å². The van der Waals surface area contributed by atoms with Crippen LogP contribution < -0.4 is 10.2 Å². The van der Waals surface area contributed by atoms with Crippen LogP contribution in [0.2, 0.25) is 0 Å². The molecule has 6 nitrogen and oxygen atoms in total. The van der Waals surface area contributed by atoms with E-state index in [9.17, 15) is 9.59 Å². The Kier molecular flexibility index (Phi) is 6.74. The number of amides is 1. The van der Waals surface area contributed by atoms with Crippen molar-refractivity contribution in [3.05, 3.63) is 63.2 Å². The first kappa shape index (κ1) is 17.9. The number of benzene rings is 2. The number of nitrogens with one attached hydrogen (secondary N) is 1. The molecule has 2 aromatic rings. The number of hydrogen-bond acceptors (Lipinski definition) is 5. The summed E-state index contributed by atoms with van der Waals surface area (Å²) in [4.78, 5) is 23.0. The molecule has 0 radical (unpaired) electrons. The number of hydrogen-bond donors (Lipinski definition) is 1. The predicted octanol–water partition coefficient (Wildman–Crippen LogP) is 2.61. The van der Waals surface area contributed by atoms with Crippen LogP contribution in [0, 0.1) is 3.57 Å². The number of rotatable bonds is 6. The van der Waals surface area contributed by atoms with Crippen LogP contribution in [0.5, 0.6) is 5.75 Å². The van der Waals surface area contributed by atoms with E-state index in [2.05, 4.69) is 37.9 Å². The molecule has 0 heterocycles. The Morgan fingerprint density at radius 3 is 2.42 bits per heavy atom. The van der Waals surface area contributed by atoms with Crippen LogP contribution in [-0.2, 0) is 9.53 Å². The fourth-order valence-corrected chi connectivity index (χ4v) is 2.07. The summed E-state index contributed by atoms with van der Waals surface area (Å²) in [7, 11) is 1.32. The average molecular weight is 438 g/mol. The molecule has 0 unspecified atom stereocenters. The minimum atomic E-state index is -0.403. The summed E-state index contributed by atoms with van der Waals surface area (Å²) in [5, 5.41) is 3.84. The SMILES string of the molecule is COC(=O)c1ccc(C=NNC(=O)COc2ccc(I)cc2)cc1. The highest BCUT2D eigenvalue weighted by Gasteiger charge is 2.04. The van der Waals surface area contributed by atoms with E-state index in [1.807, 2.05) is 12.1 Å². The Labute approximate surface area is 153 Å². The van der Waals surface area contributed by atoms with Gasteiger partial charge < -0.3 is 9.47 Å². The maximum Gasteiger partial charge on any atom is 0.337 e. The van der Waals surface area contributed by atoms with Gasteiger partial charge in [0.25, 0.3) is 5.91 Å². The molecule has 0 saturated carbocycles. The molecule has 1 N–H and O–H groups in total. The molecule has 0 saturated heterocycles. The third-order valence-electron chi connectivity index (χ3n) is 2.92. The van der Waals surface area contributed by atoms with Crippen LogP contribution in [0.1, 0.15) is 15.9 Å². The van der Waals surface area contributed by atoms with Crippen LogP contribution in [0.4, 0.5) is 0 Å². The molecular formula is C17H15IN2O4. The number of carbonyl (C=O) groups excluding carboxylic acids is 2. The smallest absolute Gasteiger partial charge is 0.337 e. The zero-order chi connectivity index (χ0) is 17.4. The van der Waals surface area contributed by atoms with Gasteiger partial charge in [-0.15, -0.1) is 0 Å². The number of esters is 1. The number of ether oxygens (including phenoxy) is 2. The standard InChI is InChI=1S/C17H15IN2O4/c1-23-17(22)13-4-2-12(3-5-13)10-19-20-16(21)11-24-15-8-6-14(18)7-9-15/h2-10H,11H2,1H3,(H,20,21). The summed E-state index contributed by atoms with van der Waals surface area (Å²) in [6.07, 6.45) is 1.48. The van der Waals surface area contributed by atoms with Gasteiger partial charge in [0.15, 0.2) is 6.61 Å². The van der Waals surface area contributed by atoms with Gasteiger partial charge in [-0.3, -0.25) is 4.79 Å². The van der Waals surface area contributed by atoms with E-state index in [-0.39, 0.29) is 12.5 Å². The summed E-state index contributed by atoms with van der Waals surface area (Å²) >= 11 is 2.19. The van der Waals surface area contributed by atoms with E-state index in [4.69, 9.17) is 4.74 Å². The van der Waals surface area contributed by atoms with Gasteiger partial charge in [0, 0.05) is 3.57 Å². The lowest BCUT2D eigenvalue weighted by atomic mass is 10.1. The summed E-state index contributed by atoms with van der Waals surface area (Å²) in [5.41, 5.74) is 3.56. The van der Waals surface area contributed by atoms with Crippen molar-refractivity contribution in [3.8, 4) is 5.75 Å². The van der Waals surface area contributed by atoms with Crippen molar-refractivity contribution in [1.29, 1.82) is 0 Å². The molecule has 2 rings (SSSR count). The van der Waals surface area contributed by atoms with Crippen molar-refractivity contribution in [1.82, 2.24) is 5.43 Å². The lowest BCUT2D eigenvalue weighted by molar-refractivity contribution is -0.123. The number of halogens is 1. The molecule has 1 amide bonds. The Morgan fingerprint density at radius 2 is 1.79 bits per heavy atom. The quantitative estimate of drug-likeness (QED) is 0.326. The predicted molar refractivity (Wildman–Crippen MR) is 98.2 cm³/mol. The Morgan fingerprint density at radius 1 is 1.12 bits per heavy atom. The van der Waals surface area contributed by atoms with E-state index >= 15 is 0 Å². The summed E-state index contributed by atoms with van der Waals surface area (Å²) in [6.45, 7) is -0.126. The number of nitrogens with zero attached hydrogens (tertiary/aromatic N) is 1. The van der Waals surface area contributed by atoms with Gasteiger partial charge in [0.05, 0.1) is 18.9 Å². The zero-order valence-electron chi connectivity index (χ0n) is 12.9. The first-order chi connectivity index (χ1) is 11.6. The van der Waals surface area contributed by atoms with Crippen molar-refractivity contribution < 1.29 is 19.1 Å². The second-order valence-corrected chi connectivity index (χ2v) is 5.89. The molecule has 0 aliphatic carbocycles. The van der Waals surface area contributed by atoms with Crippen molar-refractivity contribution in [2.45, 2.75) is 0 Å². The molecule has 0 aromatic heterocycles. The second-order valence-electron chi connectivity index (χ2n) is 4.65. The molecule has 124 valence electrons. The molecule has 0 bridgehead atoms. The molecule has 0 spiro atoms. The van der Waals surface area contributed by atoms with Gasteiger partial charge in [-0.1, -0.05) is 12.1 Å². The summed E-state index contributed by atoms with van der Waals surface area (Å²) < 4.78 is 11.0. The highest BCUT2D eigenvalue weighted by molar-refractivity contribution is 14.1. The molecule has 2 aromatic carbocycles. The maximum atomic E-state index is 11.6. The monoisotopic (exact) mass is 438 g/mol. The minimum absolute atomic E-state index is 0.126. The lowest BCUT2D eigenvalue weighted by Crippen LogP contribution is -2.24. The molecule has 0 fully saturated rings. The minimum Gasteiger partial charge on any atom is -0.484 e. The summed E-state index contributed by atoms with van der Waals surface area (Å²) in [5.74, 6) is -0.150. The van der Waals surface area contributed by atoms with E-state index in [1.54, 1.807) is 36.4 Å². The average Bonchev–Trinajstić information content (AvgIpc) is 2.61. The number of hydrazone groups is 1.